The van der Waals surface area contributed by atoms with Crippen molar-refractivity contribution in [3.8, 4) is 6.07 Å². The summed E-state index contributed by atoms with van der Waals surface area (Å²) in [5.41, 5.74) is 2.02. The highest BCUT2D eigenvalue weighted by molar-refractivity contribution is 5.87. The Balaban J connectivity index is 2.07. The first kappa shape index (κ1) is 14.5. The van der Waals surface area contributed by atoms with Crippen molar-refractivity contribution in [2.24, 2.45) is 0 Å². The van der Waals surface area contributed by atoms with Gasteiger partial charge in [-0.05, 0) is 35.9 Å². The van der Waals surface area contributed by atoms with Gasteiger partial charge in [-0.3, -0.25) is 0 Å². The molecule has 0 aromatic heterocycles. The molecule has 0 atom stereocenters. The smallest absolute Gasteiger partial charge is 0.335 e. The third kappa shape index (κ3) is 3.80. The number of nitrogens with one attached hydrogen (secondary N) is 1. The van der Waals surface area contributed by atoms with E-state index in [1.807, 2.05) is 12.1 Å². The van der Waals surface area contributed by atoms with E-state index < -0.39 is 11.8 Å². The van der Waals surface area contributed by atoms with Crippen molar-refractivity contribution >= 4 is 11.7 Å². The van der Waals surface area contributed by atoms with Crippen molar-refractivity contribution in [1.82, 2.24) is 0 Å². The minimum absolute atomic E-state index is 0.0533. The summed E-state index contributed by atoms with van der Waals surface area (Å²) >= 11 is 0. The van der Waals surface area contributed by atoms with Crippen LogP contribution in [0.1, 0.15) is 21.5 Å². The maximum Gasteiger partial charge on any atom is 0.335 e. The zero-order valence-electron chi connectivity index (χ0n) is 11.1. The highest BCUT2D eigenvalue weighted by Gasteiger charge is 2.08. The molecule has 0 amide bonds. The third-order valence-electron chi connectivity index (χ3n) is 3.01. The molecule has 2 aromatic carbocycles. The van der Waals surface area contributed by atoms with Gasteiger partial charge in [0.05, 0.1) is 18.1 Å². The van der Waals surface area contributed by atoms with Crippen LogP contribution in [0, 0.1) is 17.1 Å². The molecule has 106 valence electrons. The van der Waals surface area contributed by atoms with Crippen molar-refractivity contribution in [2.45, 2.75) is 13.0 Å². The fourth-order valence-electron chi connectivity index (χ4n) is 1.87. The van der Waals surface area contributed by atoms with Crippen LogP contribution in [0.2, 0.25) is 0 Å². The highest BCUT2D eigenvalue weighted by Crippen LogP contribution is 2.15. The van der Waals surface area contributed by atoms with Gasteiger partial charge >= 0.3 is 5.97 Å². The second-order valence-electron chi connectivity index (χ2n) is 4.50. The molecule has 0 fully saturated rings. The first-order valence-corrected chi connectivity index (χ1v) is 6.31. The summed E-state index contributed by atoms with van der Waals surface area (Å²) in [4.78, 5) is 10.9. The quantitative estimate of drug-likeness (QED) is 0.884. The lowest BCUT2D eigenvalue weighted by atomic mass is 10.1. The van der Waals surface area contributed by atoms with Crippen LogP contribution in [0.5, 0.6) is 0 Å². The topological polar surface area (TPSA) is 73.1 Å². The Bertz CT molecular complexity index is 690. The van der Waals surface area contributed by atoms with Crippen molar-refractivity contribution in [1.29, 1.82) is 5.26 Å². The van der Waals surface area contributed by atoms with Crippen molar-refractivity contribution < 1.29 is 14.3 Å². The summed E-state index contributed by atoms with van der Waals surface area (Å²) in [7, 11) is 0. The second-order valence-corrected chi connectivity index (χ2v) is 4.50. The van der Waals surface area contributed by atoms with E-state index in [4.69, 9.17) is 10.4 Å². The minimum atomic E-state index is -1.09. The van der Waals surface area contributed by atoms with E-state index in [1.165, 1.54) is 12.1 Å². The number of hydrogen-bond acceptors (Lipinski definition) is 3. The molecule has 0 aliphatic carbocycles. The van der Waals surface area contributed by atoms with E-state index >= 15 is 0 Å². The van der Waals surface area contributed by atoms with Crippen molar-refractivity contribution in [3.63, 3.8) is 0 Å². The number of rotatable bonds is 5. The van der Waals surface area contributed by atoms with Crippen molar-refractivity contribution in [3.05, 3.63) is 65.0 Å². The number of aromatic carboxylic acids is 1. The van der Waals surface area contributed by atoms with Crippen LogP contribution in [-0.4, -0.2) is 11.1 Å². The van der Waals surface area contributed by atoms with Crippen LogP contribution in [0.15, 0.2) is 42.5 Å². The van der Waals surface area contributed by atoms with Gasteiger partial charge in [0, 0.05) is 17.8 Å². The van der Waals surface area contributed by atoms with Crippen LogP contribution < -0.4 is 5.32 Å². The number of nitrogens with zero attached hydrogens (tertiary/aromatic N) is 1. The first-order valence-electron chi connectivity index (χ1n) is 6.31. The maximum absolute atomic E-state index is 13.6. The fourth-order valence-corrected chi connectivity index (χ4v) is 1.87. The van der Waals surface area contributed by atoms with Gasteiger partial charge in [0.1, 0.15) is 5.82 Å². The molecule has 0 unspecified atom stereocenters. The zero-order valence-corrected chi connectivity index (χ0v) is 11.1. The molecule has 2 aromatic rings. The number of benzene rings is 2. The van der Waals surface area contributed by atoms with Gasteiger partial charge in [0.25, 0.3) is 0 Å². The Morgan fingerprint density at radius 3 is 2.57 bits per heavy atom. The molecule has 0 aliphatic rings. The molecule has 0 radical (unpaired) electrons. The minimum Gasteiger partial charge on any atom is -0.478 e. The average molecular weight is 284 g/mol. The summed E-state index contributed by atoms with van der Waals surface area (Å²) in [5.74, 6) is -1.54. The molecule has 5 heteroatoms. The second kappa shape index (κ2) is 6.53. The van der Waals surface area contributed by atoms with E-state index in [-0.39, 0.29) is 17.7 Å². The Hall–Kier alpha value is -2.87. The molecule has 0 aliphatic heterocycles. The fraction of sp³-hybridized carbons (Fsp3) is 0.125. The van der Waals surface area contributed by atoms with E-state index in [0.29, 0.717) is 6.42 Å². The molecule has 2 N–H and O–H groups in total. The molecule has 0 spiro atoms. The van der Waals surface area contributed by atoms with E-state index in [2.05, 4.69) is 11.4 Å². The monoisotopic (exact) mass is 284 g/mol. The van der Waals surface area contributed by atoms with Crippen LogP contribution in [0.3, 0.4) is 0 Å². The number of hydrogen-bond donors (Lipinski definition) is 2. The van der Waals surface area contributed by atoms with Crippen LogP contribution in [-0.2, 0) is 13.0 Å². The molecule has 0 saturated heterocycles. The molecular weight excluding hydrogens is 271 g/mol. The number of carbonyl (C=O) groups is 1. The lowest BCUT2D eigenvalue weighted by Crippen LogP contribution is -2.05. The van der Waals surface area contributed by atoms with E-state index in [0.717, 1.165) is 17.3 Å². The number of carboxylic acids is 1. The number of nitriles is 1. The molecule has 0 bridgehead atoms. The van der Waals surface area contributed by atoms with Gasteiger partial charge in [-0.15, -0.1) is 0 Å². The van der Waals surface area contributed by atoms with Gasteiger partial charge in [0.2, 0.25) is 0 Å². The Morgan fingerprint density at radius 1 is 1.24 bits per heavy atom. The van der Waals surface area contributed by atoms with Crippen molar-refractivity contribution in [2.75, 3.05) is 5.32 Å². The van der Waals surface area contributed by atoms with Gasteiger partial charge in [-0.1, -0.05) is 12.1 Å². The summed E-state index contributed by atoms with van der Waals surface area (Å²) < 4.78 is 13.6. The molecule has 0 heterocycles. The molecule has 21 heavy (non-hydrogen) atoms. The maximum atomic E-state index is 13.6. The number of halogens is 1. The number of carboxylic acid groups (broad SMARTS) is 1. The van der Waals surface area contributed by atoms with E-state index in [9.17, 15) is 9.18 Å². The lowest BCUT2D eigenvalue weighted by Gasteiger charge is -2.09. The summed E-state index contributed by atoms with van der Waals surface area (Å²) in [6.45, 7) is 0.185. The summed E-state index contributed by atoms with van der Waals surface area (Å²) in [6.07, 6.45) is 0.343. The van der Waals surface area contributed by atoms with Gasteiger partial charge < -0.3 is 10.4 Å². The standard InChI is InChI=1S/C16H13FN2O2/c17-15-6-3-12(16(20)21)9-13(15)10-19-14-4-1-11(2-5-14)7-8-18/h1-6,9,19H,7,10H2,(H,20,21). The van der Waals surface area contributed by atoms with Gasteiger partial charge in [-0.25, -0.2) is 9.18 Å². The van der Waals surface area contributed by atoms with Gasteiger partial charge in [-0.2, -0.15) is 5.26 Å². The SMILES string of the molecule is N#CCc1ccc(NCc2cc(C(=O)O)ccc2F)cc1. The summed E-state index contributed by atoms with van der Waals surface area (Å²) in [6, 6.07) is 13.0. The number of anilines is 1. The highest BCUT2D eigenvalue weighted by atomic mass is 19.1. The molecule has 0 saturated carbocycles. The van der Waals surface area contributed by atoms with E-state index in [1.54, 1.807) is 12.1 Å². The average Bonchev–Trinajstić information content (AvgIpc) is 2.48. The molecular formula is C16H13FN2O2. The summed E-state index contributed by atoms with van der Waals surface area (Å²) in [5, 5.41) is 20.5. The lowest BCUT2D eigenvalue weighted by molar-refractivity contribution is 0.0696. The zero-order chi connectivity index (χ0) is 15.2. The van der Waals surface area contributed by atoms with Gasteiger partial charge in [0.15, 0.2) is 0 Å². The first-order chi connectivity index (χ1) is 10.1. The molecule has 2 rings (SSSR count). The van der Waals surface area contributed by atoms with Crippen LogP contribution in [0.25, 0.3) is 0 Å². The third-order valence-corrected chi connectivity index (χ3v) is 3.01. The Kier molecular flexibility index (Phi) is 4.52. The normalized spacial score (nSPS) is 9.90. The van der Waals surface area contributed by atoms with Crippen LogP contribution >= 0.6 is 0 Å². The Labute approximate surface area is 121 Å². The van der Waals surface area contributed by atoms with Crippen LogP contribution in [0.4, 0.5) is 10.1 Å². The predicted octanol–water partition coefficient (Wildman–Crippen LogP) is 3.20. The Morgan fingerprint density at radius 2 is 1.95 bits per heavy atom. The largest absolute Gasteiger partial charge is 0.478 e. The molecule has 4 nitrogen and oxygen atoms in total. The predicted molar refractivity (Wildman–Crippen MR) is 76.4 cm³/mol.